The molecular formula is C20H15BO3. The van der Waals surface area contributed by atoms with Gasteiger partial charge in [0.2, 0.25) is 0 Å². The van der Waals surface area contributed by atoms with Crippen LogP contribution in [0.2, 0.25) is 0 Å². The van der Waals surface area contributed by atoms with Crippen LogP contribution in [0.3, 0.4) is 0 Å². The number of benzene rings is 3. The van der Waals surface area contributed by atoms with Crippen molar-refractivity contribution in [3.8, 4) is 22.5 Å². The zero-order valence-electron chi connectivity index (χ0n) is 12.9. The van der Waals surface area contributed by atoms with Crippen molar-refractivity contribution in [2.24, 2.45) is 0 Å². The molecule has 24 heavy (non-hydrogen) atoms. The van der Waals surface area contributed by atoms with Crippen molar-refractivity contribution in [3.05, 3.63) is 78.9 Å². The Morgan fingerprint density at radius 2 is 1.33 bits per heavy atom. The lowest BCUT2D eigenvalue weighted by molar-refractivity contribution is 0.426. The number of para-hydroxylation sites is 1. The summed E-state index contributed by atoms with van der Waals surface area (Å²) in [4.78, 5) is 0. The van der Waals surface area contributed by atoms with Crippen LogP contribution in [0.1, 0.15) is 0 Å². The average molecular weight is 314 g/mol. The molecule has 0 radical (unpaired) electrons. The summed E-state index contributed by atoms with van der Waals surface area (Å²) in [5.74, 6) is 0.779. The van der Waals surface area contributed by atoms with Gasteiger partial charge in [-0.25, -0.2) is 0 Å². The summed E-state index contributed by atoms with van der Waals surface area (Å²) in [6, 6.07) is 25.2. The van der Waals surface area contributed by atoms with Crippen molar-refractivity contribution in [2.75, 3.05) is 0 Å². The minimum Gasteiger partial charge on any atom is -0.455 e. The van der Waals surface area contributed by atoms with Crippen molar-refractivity contribution in [1.82, 2.24) is 0 Å². The molecule has 0 atom stereocenters. The normalized spacial score (nSPS) is 10.9. The minimum atomic E-state index is -1.47. The molecule has 0 spiro atoms. The van der Waals surface area contributed by atoms with Crippen LogP contribution in [0.5, 0.6) is 0 Å². The Kier molecular flexibility index (Phi) is 3.69. The van der Waals surface area contributed by atoms with Gasteiger partial charge in [-0.1, -0.05) is 72.8 Å². The van der Waals surface area contributed by atoms with Crippen LogP contribution in [0.15, 0.2) is 83.3 Å². The molecule has 0 saturated heterocycles. The molecule has 1 aromatic heterocycles. The third kappa shape index (κ3) is 2.52. The van der Waals surface area contributed by atoms with Crippen molar-refractivity contribution in [1.29, 1.82) is 0 Å². The fourth-order valence-corrected chi connectivity index (χ4v) is 2.95. The van der Waals surface area contributed by atoms with E-state index in [2.05, 4.69) is 18.2 Å². The molecule has 0 bridgehead atoms. The third-order valence-corrected chi connectivity index (χ3v) is 4.13. The summed E-state index contributed by atoms with van der Waals surface area (Å²) in [6.07, 6.45) is 0. The minimum absolute atomic E-state index is 0.455. The maximum atomic E-state index is 9.26. The van der Waals surface area contributed by atoms with Crippen LogP contribution in [-0.2, 0) is 0 Å². The standard InChI is InChI=1S/C20H15BO3/c22-21(23)16-12-10-15(11-13-16)20-19(14-6-2-1-3-7-14)17-8-4-5-9-18(17)24-20/h1-13,22-23H. The number of hydrogen-bond donors (Lipinski definition) is 2. The average Bonchev–Trinajstić information content (AvgIpc) is 3.02. The first kappa shape index (κ1) is 14.8. The molecule has 4 rings (SSSR count). The van der Waals surface area contributed by atoms with E-state index in [1.165, 1.54) is 0 Å². The Labute approximate surface area is 140 Å². The first-order chi connectivity index (χ1) is 11.7. The van der Waals surface area contributed by atoms with Gasteiger partial charge in [0.25, 0.3) is 0 Å². The summed E-state index contributed by atoms with van der Waals surface area (Å²) in [6.45, 7) is 0. The molecule has 0 saturated carbocycles. The quantitative estimate of drug-likeness (QED) is 0.570. The molecule has 116 valence electrons. The summed E-state index contributed by atoms with van der Waals surface area (Å²) >= 11 is 0. The van der Waals surface area contributed by atoms with Gasteiger partial charge in [0.1, 0.15) is 11.3 Å². The van der Waals surface area contributed by atoms with Gasteiger partial charge in [-0.15, -0.1) is 0 Å². The fraction of sp³-hybridized carbons (Fsp3) is 0. The second kappa shape index (κ2) is 6.00. The smallest absolute Gasteiger partial charge is 0.455 e. The number of furan rings is 1. The van der Waals surface area contributed by atoms with E-state index in [0.29, 0.717) is 5.46 Å². The molecular weight excluding hydrogens is 299 g/mol. The van der Waals surface area contributed by atoms with Gasteiger partial charge >= 0.3 is 7.12 Å². The van der Waals surface area contributed by atoms with E-state index in [0.717, 1.165) is 33.4 Å². The van der Waals surface area contributed by atoms with E-state index in [1.54, 1.807) is 12.1 Å². The maximum Gasteiger partial charge on any atom is 0.488 e. The SMILES string of the molecule is OB(O)c1ccc(-c2oc3ccccc3c2-c2ccccc2)cc1. The molecule has 0 fully saturated rings. The van der Waals surface area contributed by atoms with Crippen LogP contribution < -0.4 is 5.46 Å². The number of fused-ring (bicyclic) bond motifs is 1. The van der Waals surface area contributed by atoms with Crippen LogP contribution in [0, 0.1) is 0 Å². The van der Waals surface area contributed by atoms with Gasteiger partial charge in [-0.3, -0.25) is 0 Å². The van der Waals surface area contributed by atoms with Crippen molar-refractivity contribution in [3.63, 3.8) is 0 Å². The molecule has 0 unspecified atom stereocenters. The predicted molar refractivity (Wildman–Crippen MR) is 96.9 cm³/mol. The van der Waals surface area contributed by atoms with Crippen LogP contribution in [0.4, 0.5) is 0 Å². The summed E-state index contributed by atoms with van der Waals surface area (Å²) in [5.41, 5.74) is 4.32. The molecule has 1 heterocycles. The first-order valence-corrected chi connectivity index (χ1v) is 7.77. The van der Waals surface area contributed by atoms with Crippen LogP contribution in [0.25, 0.3) is 33.4 Å². The van der Waals surface area contributed by atoms with E-state index >= 15 is 0 Å². The lowest BCUT2D eigenvalue weighted by atomic mass is 9.80. The van der Waals surface area contributed by atoms with Crippen LogP contribution >= 0.6 is 0 Å². The highest BCUT2D eigenvalue weighted by molar-refractivity contribution is 6.58. The Balaban J connectivity index is 1.95. The van der Waals surface area contributed by atoms with E-state index in [-0.39, 0.29) is 0 Å². The monoisotopic (exact) mass is 314 g/mol. The molecule has 4 aromatic rings. The lowest BCUT2D eigenvalue weighted by Gasteiger charge is -2.05. The fourth-order valence-electron chi connectivity index (χ4n) is 2.95. The topological polar surface area (TPSA) is 53.6 Å². The van der Waals surface area contributed by atoms with Gasteiger partial charge in [-0.05, 0) is 17.1 Å². The zero-order chi connectivity index (χ0) is 16.5. The predicted octanol–water partition coefficient (Wildman–Crippen LogP) is 3.45. The molecule has 0 aliphatic carbocycles. The molecule has 0 amide bonds. The first-order valence-electron chi connectivity index (χ1n) is 7.77. The van der Waals surface area contributed by atoms with E-state index in [1.807, 2.05) is 48.5 Å². The Bertz CT molecular complexity index is 973. The summed E-state index contributed by atoms with van der Waals surface area (Å²) in [7, 11) is -1.47. The maximum absolute atomic E-state index is 9.26. The van der Waals surface area contributed by atoms with Gasteiger partial charge in [-0.2, -0.15) is 0 Å². The molecule has 3 aromatic carbocycles. The Morgan fingerprint density at radius 3 is 2.04 bits per heavy atom. The molecule has 4 heteroatoms. The van der Waals surface area contributed by atoms with Crippen molar-refractivity contribution >= 4 is 23.6 Å². The third-order valence-electron chi connectivity index (χ3n) is 4.13. The Hall–Kier alpha value is -2.82. The summed E-state index contributed by atoms with van der Waals surface area (Å²) in [5, 5.41) is 19.6. The second-order valence-corrected chi connectivity index (χ2v) is 5.66. The molecule has 3 nitrogen and oxygen atoms in total. The van der Waals surface area contributed by atoms with Gasteiger partial charge in [0.15, 0.2) is 0 Å². The highest BCUT2D eigenvalue weighted by atomic mass is 16.4. The zero-order valence-corrected chi connectivity index (χ0v) is 12.9. The summed E-state index contributed by atoms with van der Waals surface area (Å²) < 4.78 is 6.11. The van der Waals surface area contributed by atoms with E-state index in [4.69, 9.17) is 4.42 Å². The van der Waals surface area contributed by atoms with Crippen molar-refractivity contribution < 1.29 is 14.5 Å². The lowest BCUT2D eigenvalue weighted by Crippen LogP contribution is -2.29. The highest BCUT2D eigenvalue weighted by Gasteiger charge is 2.18. The highest BCUT2D eigenvalue weighted by Crippen LogP contribution is 2.40. The Morgan fingerprint density at radius 1 is 0.667 bits per heavy atom. The molecule has 0 aliphatic heterocycles. The number of hydrogen-bond acceptors (Lipinski definition) is 3. The van der Waals surface area contributed by atoms with E-state index < -0.39 is 7.12 Å². The van der Waals surface area contributed by atoms with Gasteiger partial charge < -0.3 is 14.5 Å². The second-order valence-electron chi connectivity index (χ2n) is 5.66. The van der Waals surface area contributed by atoms with Crippen LogP contribution in [-0.4, -0.2) is 17.2 Å². The van der Waals surface area contributed by atoms with Gasteiger partial charge in [0.05, 0.1) is 0 Å². The van der Waals surface area contributed by atoms with Crippen molar-refractivity contribution in [2.45, 2.75) is 0 Å². The number of rotatable bonds is 3. The largest absolute Gasteiger partial charge is 0.488 e. The van der Waals surface area contributed by atoms with E-state index in [9.17, 15) is 10.0 Å². The molecule has 0 aliphatic rings. The molecule has 2 N–H and O–H groups in total. The van der Waals surface area contributed by atoms with Gasteiger partial charge in [0, 0.05) is 16.5 Å².